The van der Waals surface area contributed by atoms with Crippen LogP contribution in [-0.4, -0.2) is 17.4 Å². The molecule has 4 nitrogen and oxygen atoms in total. The van der Waals surface area contributed by atoms with Gasteiger partial charge in [-0.1, -0.05) is 35.9 Å². The second-order valence-corrected chi connectivity index (χ2v) is 4.41. The van der Waals surface area contributed by atoms with E-state index in [1.54, 1.807) is 24.3 Å². The summed E-state index contributed by atoms with van der Waals surface area (Å²) in [6.45, 7) is 0.253. The predicted molar refractivity (Wildman–Crippen MR) is 75.6 cm³/mol. The van der Waals surface area contributed by atoms with Crippen molar-refractivity contribution in [1.82, 2.24) is 0 Å². The van der Waals surface area contributed by atoms with Crippen LogP contribution >= 0.6 is 11.6 Å². The zero-order valence-electron chi connectivity index (χ0n) is 10.1. The van der Waals surface area contributed by atoms with E-state index < -0.39 is 7.32 Å². The number of nitrogens with two attached hydrogens (primary N) is 1. The molecule has 2 aromatic carbocycles. The standard InChI is InChI=1S/C13H13BClNO3/c15-12-5-3-9(4-6-12)10-1-2-11(8-16)13(7-10)19-14(17)18/h1-7,17-18H,8,16H2. The number of rotatable bonds is 4. The Bertz CT molecular complexity index is 560. The van der Waals surface area contributed by atoms with Crippen LogP contribution in [0.4, 0.5) is 0 Å². The molecule has 19 heavy (non-hydrogen) atoms. The zero-order chi connectivity index (χ0) is 13.8. The summed E-state index contributed by atoms with van der Waals surface area (Å²) in [5.41, 5.74) is 8.10. The number of hydrogen-bond acceptors (Lipinski definition) is 4. The summed E-state index contributed by atoms with van der Waals surface area (Å²) in [4.78, 5) is 0. The molecule has 2 aromatic rings. The van der Waals surface area contributed by atoms with Crippen LogP contribution in [0.15, 0.2) is 42.5 Å². The van der Waals surface area contributed by atoms with E-state index in [1.807, 2.05) is 18.2 Å². The topological polar surface area (TPSA) is 75.7 Å². The van der Waals surface area contributed by atoms with Gasteiger partial charge in [-0.15, -0.1) is 0 Å². The van der Waals surface area contributed by atoms with Crippen molar-refractivity contribution in [2.24, 2.45) is 5.73 Å². The molecule has 4 N–H and O–H groups in total. The minimum Gasteiger partial charge on any atom is -0.512 e. The molecular weight excluding hydrogens is 264 g/mol. The fraction of sp³-hybridized carbons (Fsp3) is 0.0769. The van der Waals surface area contributed by atoms with Crippen LogP contribution in [0.2, 0.25) is 5.02 Å². The molecule has 0 saturated heterocycles. The first-order chi connectivity index (χ1) is 9.10. The highest BCUT2D eigenvalue weighted by Crippen LogP contribution is 2.28. The lowest BCUT2D eigenvalue weighted by molar-refractivity contribution is 0.287. The van der Waals surface area contributed by atoms with Crippen molar-refractivity contribution in [1.29, 1.82) is 0 Å². The maximum absolute atomic E-state index is 8.90. The van der Waals surface area contributed by atoms with E-state index in [1.165, 1.54) is 0 Å². The van der Waals surface area contributed by atoms with Gasteiger partial charge in [0.25, 0.3) is 0 Å². The predicted octanol–water partition coefficient (Wildman–Crippen LogP) is 1.81. The Morgan fingerprint density at radius 1 is 1.05 bits per heavy atom. The lowest BCUT2D eigenvalue weighted by Gasteiger charge is -2.12. The maximum Gasteiger partial charge on any atom is 0.707 e. The highest BCUT2D eigenvalue weighted by atomic mass is 35.5. The average Bonchev–Trinajstić information content (AvgIpc) is 2.39. The minimum absolute atomic E-state index is 0.253. The molecule has 0 spiro atoms. The molecular formula is C13H13BClNO3. The van der Waals surface area contributed by atoms with Crippen LogP contribution in [0, 0.1) is 0 Å². The molecule has 0 aliphatic heterocycles. The summed E-state index contributed by atoms with van der Waals surface area (Å²) < 4.78 is 4.93. The monoisotopic (exact) mass is 277 g/mol. The molecule has 98 valence electrons. The van der Waals surface area contributed by atoms with Crippen molar-refractivity contribution in [2.75, 3.05) is 0 Å². The van der Waals surface area contributed by atoms with Gasteiger partial charge in [0.15, 0.2) is 0 Å². The van der Waals surface area contributed by atoms with E-state index >= 15 is 0 Å². The van der Waals surface area contributed by atoms with Gasteiger partial charge in [-0.05, 0) is 29.3 Å². The molecule has 0 bridgehead atoms. The van der Waals surface area contributed by atoms with Gasteiger partial charge in [0.2, 0.25) is 0 Å². The van der Waals surface area contributed by atoms with Crippen LogP contribution in [-0.2, 0) is 6.54 Å². The van der Waals surface area contributed by atoms with Gasteiger partial charge < -0.3 is 20.4 Å². The summed E-state index contributed by atoms with van der Waals surface area (Å²) >= 11 is 5.84. The maximum atomic E-state index is 8.90. The Labute approximate surface area is 116 Å². The summed E-state index contributed by atoms with van der Waals surface area (Å²) in [7, 11) is -1.87. The normalized spacial score (nSPS) is 10.3. The van der Waals surface area contributed by atoms with Gasteiger partial charge in [0, 0.05) is 17.1 Å². The Morgan fingerprint density at radius 3 is 2.26 bits per heavy atom. The van der Waals surface area contributed by atoms with Gasteiger partial charge in [-0.2, -0.15) is 0 Å². The molecule has 0 aliphatic rings. The first-order valence-electron chi connectivity index (χ1n) is 5.72. The van der Waals surface area contributed by atoms with E-state index in [-0.39, 0.29) is 6.54 Å². The van der Waals surface area contributed by atoms with Crippen molar-refractivity contribution in [3.63, 3.8) is 0 Å². The van der Waals surface area contributed by atoms with Crippen LogP contribution in [0.5, 0.6) is 5.75 Å². The summed E-state index contributed by atoms with van der Waals surface area (Å²) in [5.74, 6) is 0.352. The molecule has 6 heteroatoms. The molecule has 0 radical (unpaired) electrons. The van der Waals surface area contributed by atoms with E-state index in [4.69, 9.17) is 32.0 Å². The summed E-state index contributed by atoms with van der Waals surface area (Å²) in [6.07, 6.45) is 0. The largest absolute Gasteiger partial charge is 0.707 e. The summed E-state index contributed by atoms with van der Waals surface area (Å²) in [6, 6.07) is 12.7. The van der Waals surface area contributed by atoms with Crippen molar-refractivity contribution in [3.05, 3.63) is 53.1 Å². The summed E-state index contributed by atoms with van der Waals surface area (Å²) in [5, 5.41) is 18.5. The third-order valence-electron chi connectivity index (χ3n) is 2.70. The SMILES string of the molecule is NCc1ccc(-c2ccc(Cl)cc2)cc1OB(O)O. The van der Waals surface area contributed by atoms with E-state index in [0.29, 0.717) is 16.3 Å². The third-order valence-corrected chi connectivity index (χ3v) is 2.95. The Hall–Kier alpha value is -1.53. The number of hydrogen-bond donors (Lipinski definition) is 3. The highest BCUT2D eigenvalue weighted by molar-refractivity contribution is 6.33. The second-order valence-electron chi connectivity index (χ2n) is 3.98. The van der Waals surface area contributed by atoms with Gasteiger partial charge in [-0.3, -0.25) is 0 Å². The van der Waals surface area contributed by atoms with Crippen molar-refractivity contribution in [3.8, 4) is 16.9 Å². The zero-order valence-corrected chi connectivity index (χ0v) is 10.8. The van der Waals surface area contributed by atoms with Crippen molar-refractivity contribution in [2.45, 2.75) is 6.54 Å². The van der Waals surface area contributed by atoms with Gasteiger partial charge in [0.1, 0.15) is 5.75 Å². The van der Waals surface area contributed by atoms with Gasteiger partial charge in [-0.25, -0.2) is 0 Å². The Morgan fingerprint density at radius 2 is 1.68 bits per heavy atom. The molecule has 0 unspecified atom stereocenters. The van der Waals surface area contributed by atoms with Crippen LogP contribution in [0.25, 0.3) is 11.1 Å². The second kappa shape index (κ2) is 6.08. The Balaban J connectivity index is 2.39. The van der Waals surface area contributed by atoms with Crippen LogP contribution in [0.1, 0.15) is 5.56 Å². The van der Waals surface area contributed by atoms with Crippen LogP contribution in [0.3, 0.4) is 0 Å². The molecule has 0 amide bonds. The number of halogens is 1. The first kappa shape index (κ1) is 13.9. The quantitative estimate of drug-likeness (QED) is 0.745. The lowest BCUT2D eigenvalue weighted by atomic mass is 10.0. The fourth-order valence-corrected chi connectivity index (χ4v) is 1.89. The van der Waals surface area contributed by atoms with Gasteiger partial charge >= 0.3 is 7.32 Å². The molecule has 2 rings (SSSR count). The molecule has 0 aliphatic carbocycles. The average molecular weight is 278 g/mol. The van der Waals surface area contributed by atoms with E-state index in [2.05, 4.69) is 0 Å². The molecule has 0 saturated carbocycles. The molecule has 0 heterocycles. The van der Waals surface area contributed by atoms with E-state index in [0.717, 1.165) is 11.1 Å². The van der Waals surface area contributed by atoms with Crippen molar-refractivity contribution < 1.29 is 14.7 Å². The third kappa shape index (κ3) is 3.48. The molecule has 0 atom stereocenters. The molecule has 0 aromatic heterocycles. The minimum atomic E-state index is -1.87. The number of benzene rings is 2. The van der Waals surface area contributed by atoms with Crippen molar-refractivity contribution >= 4 is 18.9 Å². The Kier molecular flexibility index (Phi) is 4.45. The first-order valence-corrected chi connectivity index (χ1v) is 6.09. The van der Waals surface area contributed by atoms with E-state index in [9.17, 15) is 0 Å². The van der Waals surface area contributed by atoms with Crippen LogP contribution < -0.4 is 10.4 Å². The lowest BCUT2D eigenvalue weighted by Crippen LogP contribution is -2.21. The fourth-order valence-electron chi connectivity index (χ4n) is 1.77. The smallest absolute Gasteiger partial charge is 0.512 e. The highest BCUT2D eigenvalue weighted by Gasteiger charge is 2.14. The van der Waals surface area contributed by atoms with Gasteiger partial charge in [0.05, 0.1) is 0 Å². The molecule has 0 fully saturated rings.